The lowest BCUT2D eigenvalue weighted by Gasteiger charge is -2.21. The Morgan fingerprint density at radius 3 is 2.73 bits per heavy atom. The van der Waals surface area contributed by atoms with Crippen LogP contribution in [0.25, 0.3) is 10.2 Å². The van der Waals surface area contributed by atoms with Crippen LogP contribution < -0.4 is 11.1 Å². The van der Waals surface area contributed by atoms with Crippen molar-refractivity contribution >= 4 is 63.1 Å². The number of anilines is 3. The molecule has 0 unspecified atom stereocenters. The number of nitrogens with one attached hydrogen (secondary N) is 2. The van der Waals surface area contributed by atoms with E-state index in [0.29, 0.717) is 24.5 Å². The number of nitrogen functional groups attached to an aromatic ring is 1. The van der Waals surface area contributed by atoms with Crippen LogP contribution in [0.3, 0.4) is 0 Å². The van der Waals surface area contributed by atoms with E-state index in [4.69, 9.17) is 15.9 Å². The molecule has 33 heavy (non-hydrogen) atoms. The molecule has 10 heteroatoms. The topological polar surface area (TPSA) is 117 Å². The summed E-state index contributed by atoms with van der Waals surface area (Å²) in [6.45, 7) is 2.89. The number of nitrogens with zero attached hydrogens (tertiary/aromatic N) is 3. The van der Waals surface area contributed by atoms with Crippen molar-refractivity contribution in [2.75, 3.05) is 43.6 Å². The lowest BCUT2D eigenvalue weighted by Crippen LogP contribution is -2.34. The van der Waals surface area contributed by atoms with Gasteiger partial charge in [0.15, 0.2) is 0 Å². The van der Waals surface area contributed by atoms with Gasteiger partial charge in [0.2, 0.25) is 6.41 Å². The Morgan fingerprint density at radius 1 is 1.24 bits per heavy atom. The molecule has 0 spiro atoms. The van der Waals surface area contributed by atoms with Crippen LogP contribution in [-0.2, 0) is 22.4 Å². The Labute approximate surface area is 201 Å². The van der Waals surface area contributed by atoms with E-state index >= 15 is 0 Å². The van der Waals surface area contributed by atoms with Crippen molar-refractivity contribution in [3.8, 4) is 0 Å². The van der Waals surface area contributed by atoms with Crippen molar-refractivity contribution in [1.82, 2.24) is 14.9 Å². The first-order chi connectivity index (χ1) is 16.1. The molecule has 8 nitrogen and oxygen atoms in total. The average molecular weight is 485 g/mol. The van der Waals surface area contributed by atoms with Crippen LogP contribution in [0.1, 0.15) is 28.8 Å². The number of rotatable bonds is 5. The van der Waals surface area contributed by atoms with E-state index in [-0.39, 0.29) is 0 Å². The second-order valence-electron chi connectivity index (χ2n) is 7.82. The fourth-order valence-corrected chi connectivity index (χ4v) is 5.80. The van der Waals surface area contributed by atoms with Crippen molar-refractivity contribution in [3.63, 3.8) is 0 Å². The van der Waals surface area contributed by atoms with Crippen LogP contribution in [0, 0.1) is 5.41 Å². The summed E-state index contributed by atoms with van der Waals surface area (Å²) in [5.74, 6) is 0.848. The van der Waals surface area contributed by atoms with Gasteiger partial charge < -0.3 is 26.1 Å². The highest BCUT2D eigenvalue weighted by atomic mass is 32.2. The van der Waals surface area contributed by atoms with E-state index in [2.05, 4.69) is 15.3 Å². The summed E-state index contributed by atoms with van der Waals surface area (Å²) >= 11 is 3.42. The molecule has 1 aliphatic carbocycles. The first-order valence-electron chi connectivity index (χ1n) is 10.9. The first-order valence-corrected chi connectivity index (χ1v) is 13.0. The zero-order valence-corrected chi connectivity index (χ0v) is 20.2. The number of fused-ring (bicyclic) bond motifs is 3. The molecular formula is C23H28N6O2S2. The second kappa shape index (κ2) is 11.0. The number of hydrogen-bond donors (Lipinski definition) is 3. The van der Waals surface area contributed by atoms with Crippen molar-refractivity contribution in [3.05, 3.63) is 34.5 Å². The summed E-state index contributed by atoms with van der Waals surface area (Å²) in [5.41, 5.74) is 9.67. The number of carbonyl (C=O) groups excluding carboxylic acids is 1. The summed E-state index contributed by atoms with van der Waals surface area (Å²) in [4.78, 5) is 24.3. The SMILES string of the molecule is CSc1cc(N)c(C=N)cc1Nc1ncnc2sc3c(c12)CCCC3.O=CN1CCOCC1. The van der Waals surface area contributed by atoms with Gasteiger partial charge in [-0.3, -0.25) is 4.79 Å². The van der Waals surface area contributed by atoms with Crippen molar-refractivity contribution < 1.29 is 9.53 Å². The van der Waals surface area contributed by atoms with Crippen LogP contribution in [0.15, 0.2) is 23.4 Å². The maximum Gasteiger partial charge on any atom is 0.209 e. The molecule has 174 valence electrons. The minimum atomic E-state index is 0.616. The standard InChI is InChI=1S/C18H19N5S2.C5H9NO2/c1-24-15-7-12(20)10(8-19)6-13(15)23-17-16-11-4-2-3-5-14(11)25-18(16)22-9-21-17;7-5-6-1-3-8-4-2-6/h6-9,19H,2-5,20H2,1H3,(H,21,22,23);5H,1-4H2. The van der Waals surface area contributed by atoms with Gasteiger partial charge in [-0.25, -0.2) is 9.97 Å². The van der Waals surface area contributed by atoms with Crippen LogP contribution in [0.4, 0.5) is 17.2 Å². The van der Waals surface area contributed by atoms with Crippen LogP contribution >= 0.6 is 23.1 Å². The van der Waals surface area contributed by atoms with Gasteiger partial charge in [0.25, 0.3) is 0 Å². The number of thiophene rings is 1. The van der Waals surface area contributed by atoms with Crippen molar-refractivity contribution in [2.45, 2.75) is 30.6 Å². The lowest BCUT2D eigenvalue weighted by molar-refractivity contribution is -0.121. The first kappa shape index (κ1) is 23.5. The number of aromatic nitrogens is 2. The maximum absolute atomic E-state index is 10.0. The quantitative estimate of drug-likeness (QED) is 0.216. The molecule has 5 rings (SSSR count). The predicted octanol–water partition coefficient (Wildman–Crippen LogP) is 4.09. The zero-order chi connectivity index (χ0) is 23.2. The van der Waals surface area contributed by atoms with E-state index < -0.39 is 0 Å². The van der Waals surface area contributed by atoms with Gasteiger partial charge in [0.05, 0.1) is 24.3 Å². The summed E-state index contributed by atoms with van der Waals surface area (Å²) in [6, 6.07) is 3.83. The minimum absolute atomic E-state index is 0.616. The average Bonchev–Trinajstić information content (AvgIpc) is 3.25. The monoisotopic (exact) mass is 484 g/mol. The number of carbonyl (C=O) groups is 1. The van der Waals surface area contributed by atoms with Gasteiger partial charge in [-0.15, -0.1) is 23.1 Å². The van der Waals surface area contributed by atoms with E-state index in [1.54, 1.807) is 34.3 Å². The molecule has 1 fully saturated rings. The van der Waals surface area contributed by atoms with E-state index in [9.17, 15) is 4.79 Å². The molecule has 0 atom stereocenters. The number of ether oxygens (including phenoxy) is 1. The summed E-state index contributed by atoms with van der Waals surface area (Å²) in [5, 5.41) is 12.2. The van der Waals surface area contributed by atoms with Gasteiger partial charge >= 0.3 is 0 Å². The molecule has 3 aromatic rings. The van der Waals surface area contributed by atoms with Crippen molar-refractivity contribution in [2.24, 2.45) is 0 Å². The normalized spacial score (nSPS) is 15.4. The molecule has 0 radical (unpaired) electrons. The second-order valence-corrected chi connectivity index (χ2v) is 9.75. The van der Waals surface area contributed by atoms with E-state index in [1.807, 2.05) is 18.4 Å². The van der Waals surface area contributed by atoms with Gasteiger partial charge in [-0.1, -0.05) is 0 Å². The zero-order valence-electron chi connectivity index (χ0n) is 18.6. The minimum Gasteiger partial charge on any atom is -0.398 e. The Balaban J connectivity index is 0.000000275. The molecule has 2 aliphatic rings. The highest BCUT2D eigenvalue weighted by Gasteiger charge is 2.20. The Bertz CT molecular complexity index is 1140. The number of thioether (sulfide) groups is 1. The summed E-state index contributed by atoms with van der Waals surface area (Å²) in [6.07, 6.45) is 10.5. The summed E-state index contributed by atoms with van der Waals surface area (Å²) in [7, 11) is 0. The van der Waals surface area contributed by atoms with E-state index in [0.717, 1.165) is 59.0 Å². The Hall–Kier alpha value is -2.69. The molecule has 1 aromatic carbocycles. The Kier molecular flexibility index (Phi) is 7.79. The van der Waals surface area contributed by atoms with Crippen LogP contribution in [-0.4, -0.2) is 60.1 Å². The number of nitrogens with two attached hydrogens (primary N) is 1. The third-order valence-corrected chi connectivity index (χ3v) is 7.74. The molecule has 1 amide bonds. The number of hydrogen-bond acceptors (Lipinski definition) is 9. The number of amides is 1. The molecule has 3 heterocycles. The molecule has 2 aromatic heterocycles. The summed E-state index contributed by atoms with van der Waals surface area (Å²) < 4.78 is 5.00. The molecule has 0 bridgehead atoms. The smallest absolute Gasteiger partial charge is 0.209 e. The number of morpholine rings is 1. The molecule has 1 aliphatic heterocycles. The van der Waals surface area contributed by atoms with Gasteiger partial charge in [0, 0.05) is 40.3 Å². The largest absolute Gasteiger partial charge is 0.398 e. The third kappa shape index (κ3) is 5.29. The van der Waals surface area contributed by atoms with Gasteiger partial charge in [0.1, 0.15) is 17.0 Å². The van der Waals surface area contributed by atoms with Crippen LogP contribution in [0.5, 0.6) is 0 Å². The number of aryl methyl sites for hydroxylation is 2. The molecular weight excluding hydrogens is 456 g/mol. The fourth-order valence-electron chi connectivity index (χ4n) is 4.00. The van der Waals surface area contributed by atoms with Crippen LogP contribution in [0.2, 0.25) is 0 Å². The lowest BCUT2D eigenvalue weighted by atomic mass is 9.97. The Morgan fingerprint density at radius 2 is 2.03 bits per heavy atom. The van der Waals surface area contributed by atoms with E-state index in [1.165, 1.54) is 29.5 Å². The van der Waals surface area contributed by atoms with Gasteiger partial charge in [-0.2, -0.15) is 0 Å². The highest BCUT2D eigenvalue weighted by molar-refractivity contribution is 7.98. The predicted molar refractivity (Wildman–Crippen MR) is 136 cm³/mol. The number of benzene rings is 1. The molecule has 1 saturated heterocycles. The van der Waals surface area contributed by atoms with Crippen molar-refractivity contribution in [1.29, 1.82) is 5.41 Å². The fraction of sp³-hybridized carbons (Fsp3) is 0.391. The van der Waals surface area contributed by atoms with Gasteiger partial charge in [-0.05, 0) is 49.6 Å². The molecule has 0 saturated carbocycles. The maximum atomic E-state index is 10.0. The third-order valence-electron chi connectivity index (χ3n) is 5.76. The molecule has 4 N–H and O–H groups in total. The highest BCUT2D eigenvalue weighted by Crippen LogP contribution is 2.40.